The van der Waals surface area contributed by atoms with E-state index >= 15 is 0 Å². The van der Waals surface area contributed by atoms with Crippen molar-refractivity contribution in [1.29, 1.82) is 0 Å². The van der Waals surface area contributed by atoms with Gasteiger partial charge in [-0.2, -0.15) is 0 Å². The van der Waals surface area contributed by atoms with E-state index in [4.69, 9.17) is 6.99 Å². The van der Waals surface area contributed by atoms with Crippen molar-refractivity contribution in [3.05, 3.63) is 0 Å². The molecule has 2 fully saturated rings. The van der Waals surface area contributed by atoms with Crippen LogP contribution in [0.2, 0.25) is 0 Å². The van der Waals surface area contributed by atoms with Crippen molar-refractivity contribution in [3.8, 4) is 0 Å². The molecule has 72 valence electrons. The maximum atomic E-state index is 4.75. The Morgan fingerprint density at radius 2 is 1.08 bits per heavy atom. The SMILES string of the molecule is C1CCC([N]=[Mo+2]=[N]C2CCCC2)C1. The summed E-state index contributed by atoms with van der Waals surface area (Å²) >= 11 is -0.322. The molecule has 0 amide bonds. The molecule has 0 bridgehead atoms. The van der Waals surface area contributed by atoms with Crippen LogP contribution in [0, 0.1) is 0 Å². The van der Waals surface area contributed by atoms with Crippen molar-refractivity contribution >= 4 is 0 Å². The van der Waals surface area contributed by atoms with Gasteiger partial charge in [-0.3, -0.25) is 0 Å². The van der Waals surface area contributed by atoms with Crippen molar-refractivity contribution in [2.45, 2.75) is 63.5 Å². The van der Waals surface area contributed by atoms with E-state index in [1.54, 1.807) is 0 Å². The maximum absolute atomic E-state index is 4.75. The van der Waals surface area contributed by atoms with Crippen LogP contribution in [0.5, 0.6) is 0 Å². The molecule has 0 aliphatic heterocycles. The minimum absolute atomic E-state index is 0.322. The standard InChI is InChI=1S/2C5H9N.Mo/c2*6-5-3-1-2-4-5;/h2*5H,1-4H2;/q;;+2. The summed E-state index contributed by atoms with van der Waals surface area (Å²) < 4.78 is 9.50. The third-order valence-electron chi connectivity index (χ3n) is 3.04. The molecule has 2 nitrogen and oxygen atoms in total. The van der Waals surface area contributed by atoms with E-state index in [1.165, 1.54) is 51.4 Å². The van der Waals surface area contributed by atoms with Crippen LogP contribution in [-0.2, 0) is 18.2 Å². The van der Waals surface area contributed by atoms with E-state index < -0.39 is 0 Å². The average molecular weight is 262 g/mol. The minimum atomic E-state index is -0.322. The molecule has 0 spiro atoms. The molecule has 0 aromatic heterocycles. The Morgan fingerprint density at radius 1 is 0.692 bits per heavy atom. The van der Waals surface area contributed by atoms with Gasteiger partial charge in [-0.25, -0.2) is 0 Å². The van der Waals surface area contributed by atoms with E-state index in [1.807, 2.05) is 0 Å². The summed E-state index contributed by atoms with van der Waals surface area (Å²) in [6.07, 6.45) is 11.0. The Bertz CT molecular complexity index is 189. The van der Waals surface area contributed by atoms with Crippen molar-refractivity contribution in [1.82, 2.24) is 0 Å². The molecule has 2 rings (SSSR count). The van der Waals surface area contributed by atoms with Gasteiger partial charge in [0.1, 0.15) is 0 Å². The van der Waals surface area contributed by atoms with E-state index in [2.05, 4.69) is 0 Å². The Labute approximate surface area is 88.7 Å². The summed E-state index contributed by atoms with van der Waals surface area (Å²) in [4.78, 5) is 0. The summed E-state index contributed by atoms with van der Waals surface area (Å²) in [6.45, 7) is 0. The molecule has 0 aromatic carbocycles. The molecule has 0 atom stereocenters. The predicted molar refractivity (Wildman–Crippen MR) is 49.4 cm³/mol. The van der Waals surface area contributed by atoms with Gasteiger partial charge in [0, 0.05) is 0 Å². The first-order valence-corrected chi connectivity index (χ1v) is 7.31. The summed E-state index contributed by atoms with van der Waals surface area (Å²) in [6, 6.07) is 1.43. The Morgan fingerprint density at radius 3 is 1.46 bits per heavy atom. The van der Waals surface area contributed by atoms with Gasteiger partial charge in [0.05, 0.1) is 0 Å². The second-order valence-corrected chi connectivity index (χ2v) is 5.61. The average Bonchev–Trinajstić information content (AvgIpc) is 2.75. The molecule has 0 unspecified atom stereocenters. The Balaban J connectivity index is 1.80. The molecule has 0 heterocycles. The summed E-state index contributed by atoms with van der Waals surface area (Å²) in [7, 11) is 0. The number of nitrogens with zero attached hydrogens (tertiary/aromatic N) is 2. The molecule has 0 N–H and O–H groups in total. The van der Waals surface area contributed by atoms with Crippen LogP contribution >= 0.6 is 0 Å². The zero-order valence-corrected chi connectivity index (χ0v) is 10.1. The van der Waals surface area contributed by atoms with E-state index in [9.17, 15) is 0 Å². The molecule has 2 aliphatic rings. The van der Waals surface area contributed by atoms with Gasteiger partial charge in [-0.1, -0.05) is 0 Å². The fraction of sp³-hybridized carbons (Fsp3) is 1.00. The molecular weight excluding hydrogens is 244 g/mol. The second-order valence-electron chi connectivity index (χ2n) is 4.17. The normalized spacial score (nSPS) is 24.6. The molecule has 3 heteroatoms. The molecule has 2 saturated carbocycles. The zero-order valence-electron chi connectivity index (χ0n) is 8.11. The summed E-state index contributed by atoms with van der Waals surface area (Å²) in [5, 5.41) is 0. The number of hydrogen-bond donors (Lipinski definition) is 0. The van der Waals surface area contributed by atoms with Crippen molar-refractivity contribution in [2.24, 2.45) is 6.99 Å². The molecule has 0 radical (unpaired) electrons. The third-order valence-corrected chi connectivity index (χ3v) is 4.97. The number of hydrogen-bond acceptors (Lipinski definition) is 2. The van der Waals surface area contributed by atoms with Crippen LogP contribution in [0.3, 0.4) is 0 Å². The fourth-order valence-electron chi connectivity index (χ4n) is 2.18. The van der Waals surface area contributed by atoms with Gasteiger partial charge >= 0.3 is 88.6 Å². The number of rotatable bonds is 2. The molecule has 2 aliphatic carbocycles. The van der Waals surface area contributed by atoms with Crippen LogP contribution in [0.15, 0.2) is 6.99 Å². The molecular formula is C10H18MoN2+2. The van der Waals surface area contributed by atoms with Crippen LogP contribution in [0.25, 0.3) is 0 Å². The first kappa shape index (κ1) is 9.83. The van der Waals surface area contributed by atoms with Gasteiger partial charge in [0.15, 0.2) is 0 Å². The first-order valence-electron chi connectivity index (χ1n) is 5.51. The Kier molecular flexibility index (Phi) is 3.96. The van der Waals surface area contributed by atoms with Gasteiger partial charge in [-0.05, 0) is 0 Å². The van der Waals surface area contributed by atoms with Crippen LogP contribution in [0.4, 0.5) is 0 Å². The van der Waals surface area contributed by atoms with Crippen LogP contribution in [0.1, 0.15) is 51.4 Å². The van der Waals surface area contributed by atoms with Gasteiger partial charge in [0.2, 0.25) is 0 Å². The van der Waals surface area contributed by atoms with Gasteiger partial charge in [0.25, 0.3) is 0 Å². The van der Waals surface area contributed by atoms with Gasteiger partial charge < -0.3 is 0 Å². The topological polar surface area (TPSA) is 24.7 Å². The van der Waals surface area contributed by atoms with E-state index in [0.29, 0.717) is 12.1 Å². The van der Waals surface area contributed by atoms with Crippen molar-refractivity contribution in [3.63, 3.8) is 0 Å². The van der Waals surface area contributed by atoms with E-state index in [0.717, 1.165) is 0 Å². The summed E-state index contributed by atoms with van der Waals surface area (Å²) in [5.74, 6) is 0. The second kappa shape index (κ2) is 5.24. The van der Waals surface area contributed by atoms with Crippen molar-refractivity contribution in [2.75, 3.05) is 0 Å². The Hall–Kier alpha value is 0.288. The predicted octanol–water partition coefficient (Wildman–Crippen LogP) is 3.32. The first-order chi connectivity index (χ1) is 6.45. The molecule has 13 heavy (non-hydrogen) atoms. The van der Waals surface area contributed by atoms with Gasteiger partial charge in [-0.15, -0.1) is 0 Å². The van der Waals surface area contributed by atoms with E-state index in [-0.39, 0.29) is 18.2 Å². The molecule has 0 aromatic rings. The monoisotopic (exact) mass is 264 g/mol. The van der Waals surface area contributed by atoms with Crippen molar-refractivity contribution < 1.29 is 18.2 Å². The molecule has 0 saturated heterocycles. The zero-order chi connectivity index (χ0) is 8.93. The third kappa shape index (κ3) is 3.16. The van der Waals surface area contributed by atoms with Crippen LogP contribution < -0.4 is 0 Å². The van der Waals surface area contributed by atoms with Crippen LogP contribution in [-0.4, -0.2) is 12.1 Å². The fourth-order valence-corrected chi connectivity index (χ4v) is 4.01. The summed E-state index contributed by atoms with van der Waals surface area (Å²) in [5.41, 5.74) is 0. The quantitative estimate of drug-likeness (QED) is 0.682.